The fourth-order valence-corrected chi connectivity index (χ4v) is 3.40. The summed E-state index contributed by atoms with van der Waals surface area (Å²) in [5.41, 5.74) is 1.15. The second-order valence-electron chi connectivity index (χ2n) is 6.46. The van der Waals surface area contributed by atoms with Gasteiger partial charge in [-0.1, -0.05) is 0 Å². The highest BCUT2D eigenvalue weighted by molar-refractivity contribution is 5.70. The SMILES string of the molecule is Cc1cc(=O)c(O)c(CN2CCCC(C(=O)O)C2)n1C1CC1. The number of nitrogens with zero attached hydrogens (tertiary/aromatic N) is 2. The summed E-state index contributed by atoms with van der Waals surface area (Å²) in [6.45, 7) is 3.60. The Bertz CT molecular complexity index is 648. The van der Waals surface area contributed by atoms with Crippen molar-refractivity contribution in [2.45, 2.75) is 45.2 Å². The van der Waals surface area contributed by atoms with Gasteiger partial charge in [-0.25, -0.2) is 0 Å². The van der Waals surface area contributed by atoms with Crippen molar-refractivity contribution >= 4 is 5.97 Å². The summed E-state index contributed by atoms with van der Waals surface area (Å²) in [5, 5.41) is 19.4. The van der Waals surface area contributed by atoms with Gasteiger partial charge in [0.2, 0.25) is 5.43 Å². The van der Waals surface area contributed by atoms with Crippen LogP contribution in [0, 0.1) is 12.8 Å². The van der Waals surface area contributed by atoms with Crippen LogP contribution in [0.3, 0.4) is 0 Å². The third kappa shape index (κ3) is 2.88. The largest absolute Gasteiger partial charge is 0.503 e. The van der Waals surface area contributed by atoms with Gasteiger partial charge in [0.05, 0.1) is 11.6 Å². The summed E-state index contributed by atoms with van der Waals surface area (Å²) < 4.78 is 2.06. The summed E-state index contributed by atoms with van der Waals surface area (Å²) in [5.74, 6) is -1.31. The highest BCUT2D eigenvalue weighted by Gasteiger charge is 2.31. The zero-order chi connectivity index (χ0) is 15.9. The van der Waals surface area contributed by atoms with Crippen molar-refractivity contribution in [2.75, 3.05) is 13.1 Å². The van der Waals surface area contributed by atoms with Gasteiger partial charge >= 0.3 is 5.97 Å². The van der Waals surface area contributed by atoms with Gasteiger partial charge in [0.1, 0.15) is 0 Å². The Hall–Kier alpha value is -1.82. The van der Waals surface area contributed by atoms with E-state index in [-0.39, 0.29) is 17.1 Å². The zero-order valence-electron chi connectivity index (χ0n) is 12.8. The lowest BCUT2D eigenvalue weighted by molar-refractivity contribution is -0.143. The number of likely N-dealkylation sites (tertiary alicyclic amines) is 1. The molecule has 6 nitrogen and oxygen atoms in total. The maximum atomic E-state index is 11.9. The predicted octanol–water partition coefficient (Wildman–Crippen LogP) is 1.49. The molecule has 3 rings (SSSR count). The number of carboxylic acids is 1. The molecule has 0 radical (unpaired) electrons. The number of carboxylic acid groups (broad SMARTS) is 1. The van der Waals surface area contributed by atoms with Crippen molar-refractivity contribution in [3.05, 3.63) is 27.7 Å². The molecule has 0 spiro atoms. The number of aliphatic carboxylic acids is 1. The lowest BCUT2D eigenvalue weighted by Gasteiger charge is -2.31. The summed E-state index contributed by atoms with van der Waals surface area (Å²) in [4.78, 5) is 25.1. The van der Waals surface area contributed by atoms with Gasteiger partial charge in [0.15, 0.2) is 5.75 Å². The Morgan fingerprint density at radius 3 is 2.73 bits per heavy atom. The molecule has 6 heteroatoms. The summed E-state index contributed by atoms with van der Waals surface area (Å²) in [7, 11) is 0. The Morgan fingerprint density at radius 2 is 2.09 bits per heavy atom. The molecule has 1 unspecified atom stereocenters. The second-order valence-corrected chi connectivity index (χ2v) is 6.46. The van der Waals surface area contributed by atoms with Crippen molar-refractivity contribution in [1.29, 1.82) is 0 Å². The van der Waals surface area contributed by atoms with Crippen LogP contribution in [0.25, 0.3) is 0 Å². The van der Waals surface area contributed by atoms with Gasteiger partial charge in [0.25, 0.3) is 0 Å². The first kappa shape index (κ1) is 15.1. The quantitative estimate of drug-likeness (QED) is 0.880. The third-order valence-corrected chi connectivity index (χ3v) is 4.66. The lowest BCUT2D eigenvalue weighted by Crippen LogP contribution is -2.39. The fraction of sp³-hybridized carbons (Fsp3) is 0.625. The molecule has 0 amide bonds. The van der Waals surface area contributed by atoms with E-state index in [1.807, 2.05) is 11.8 Å². The molecule has 120 valence electrons. The van der Waals surface area contributed by atoms with E-state index in [0.29, 0.717) is 31.2 Å². The van der Waals surface area contributed by atoms with Gasteiger partial charge in [-0.2, -0.15) is 0 Å². The lowest BCUT2D eigenvalue weighted by atomic mass is 9.98. The summed E-state index contributed by atoms with van der Waals surface area (Å²) in [6, 6.07) is 1.84. The Labute approximate surface area is 129 Å². The second kappa shape index (κ2) is 5.76. The normalized spacial score (nSPS) is 22.7. The molecule has 0 bridgehead atoms. The minimum atomic E-state index is -0.766. The number of hydrogen-bond donors (Lipinski definition) is 2. The minimum absolute atomic E-state index is 0.185. The number of aromatic nitrogens is 1. The number of piperidine rings is 1. The molecule has 2 N–H and O–H groups in total. The molecular weight excluding hydrogens is 284 g/mol. The topological polar surface area (TPSA) is 82.8 Å². The standard InChI is InChI=1S/C16H22N2O4/c1-10-7-14(19)15(20)13(18(10)12-4-5-12)9-17-6-2-3-11(8-17)16(21)22/h7,11-12,20H,2-6,8-9H2,1H3,(H,21,22). The van der Waals surface area contributed by atoms with E-state index >= 15 is 0 Å². The van der Waals surface area contributed by atoms with Gasteiger partial charge in [0, 0.05) is 30.9 Å². The van der Waals surface area contributed by atoms with Crippen LogP contribution in [0.2, 0.25) is 0 Å². The number of aromatic hydroxyl groups is 1. The molecule has 1 atom stereocenters. The van der Waals surface area contributed by atoms with Crippen LogP contribution in [-0.4, -0.2) is 38.7 Å². The maximum absolute atomic E-state index is 11.9. The summed E-state index contributed by atoms with van der Waals surface area (Å²) in [6.07, 6.45) is 3.65. The van der Waals surface area contributed by atoms with Gasteiger partial charge < -0.3 is 14.8 Å². The highest BCUT2D eigenvalue weighted by Crippen LogP contribution is 2.38. The van der Waals surface area contributed by atoms with Crippen molar-refractivity contribution in [3.8, 4) is 5.75 Å². The Morgan fingerprint density at radius 1 is 1.36 bits per heavy atom. The number of rotatable bonds is 4. The van der Waals surface area contributed by atoms with Crippen molar-refractivity contribution in [1.82, 2.24) is 9.47 Å². The molecule has 2 aliphatic rings. The predicted molar refractivity (Wildman–Crippen MR) is 81.0 cm³/mol. The van der Waals surface area contributed by atoms with Crippen LogP contribution in [0.1, 0.15) is 43.1 Å². The number of aryl methyl sites for hydroxylation is 1. The fourth-order valence-electron chi connectivity index (χ4n) is 3.40. The first-order valence-corrected chi connectivity index (χ1v) is 7.86. The van der Waals surface area contributed by atoms with Crippen LogP contribution in [0.4, 0.5) is 0 Å². The Kier molecular flexibility index (Phi) is 3.95. The van der Waals surface area contributed by atoms with E-state index in [2.05, 4.69) is 4.57 Å². The molecule has 1 aliphatic carbocycles. The first-order valence-electron chi connectivity index (χ1n) is 7.86. The molecule has 1 saturated carbocycles. The third-order valence-electron chi connectivity index (χ3n) is 4.66. The van der Waals surface area contributed by atoms with Gasteiger partial charge in [-0.15, -0.1) is 0 Å². The maximum Gasteiger partial charge on any atom is 0.307 e. The van der Waals surface area contributed by atoms with Crippen LogP contribution >= 0.6 is 0 Å². The summed E-state index contributed by atoms with van der Waals surface area (Å²) >= 11 is 0. The molecule has 1 saturated heterocycles. The van der Waals surface area contributed by atoms with Gasteiger partial charge in [-0.3, -0.25) is 14.5 Å². The van der Waals surface area contributed by atoms with E-state index in [0.717, 1.165) is 31.5 Å². The Balaban J connectivity index is 1.88. The molecular formula is C16H22N2O4. The molecule has 1 aromatic heterocycles. The average molecular weight is 306 g/mol. The zero-order valence-corrected chi connectivity index (χ0v) is 12.8. The van der Waals surface area contributed by atoms with E-state index in [4.69, 9.17) is 0 Å². The van der Waals surface area contributed by atoms with E-state index < -0.39 is 5.97 Å². The average Bonchev–Trinajstić information content (AvgIpc) is 3.29. The minimum Gasteiger partial charge on any atom is -0.503 e. The molecule has 1 aromatic rings. The van der Waals surface area contributed by atoms with E-state index in [9.17, 15) is 19.8 Å². The van der Waals surface area contributed by atoms with E-state index in [1.54, 1.807) is 0 Å². The monoisotopic (exact) mass is 306 g/mol. The molecule has 2 heterocycles. The van der Waals surface area contributed by atoms with Crippen molar-refractivity contribution in [2.24, 2.45) is 5.92 Å². The molecule has 0 aromatic carbocycles. The van der Waals surface area contributed by atoms with Crippen LogP contribution in [-0.2, 0) is 11.3 Å². The molecule has 22 heavy (non-hydrogen) atoms. The first-order chi connectivity index (χ1) is 10.5. The van der Waals surface area contributed by atoms with Crippen molar-refractivity contribution < 1.29 is 15.0 Å². The molecule has 1 aliphatic heterocycles. The van der Waals surface area contributed by atoms with Crippen LogP contribution < -0.4 is 5.43 Å². The van der Waals surface area contributed by atoms with Crippen LogP contribution in [0.15, 0.2) is 10.9 Å². The molecule has 2 fully saturated rings. The van der Waals surface area contributed by atoms with Crippen molar-refractivity contribution in [3.63, 3.8) is 0 Å². The number of pyridine rings is 1. The smallest absolute Gasteiger partial charge is 0.307 e. The van der Waals surface area contributed by atoms with E-state index in [1.165, 1.54) is 6.07 Å². The number of carbonyl (C=O) groups is 1. The highest BCUT2D eigenvalue weighted by atomic mass is 16.4. The number of hydrogen-bond acceptors (Lipinski definition) is 4. The van der Waals surface area contributed by atoms with Crippen LogP contribution in [0.5, 0.6) is 5.75 Å². The van der Waals surface area contributed by atoms with Gasteiger partial charge in [-0.05, 0) is 39.2 Å².